The molecule has 3 amide bonds. The molecule has 0 unspecified atom stereocenters. The van der Waals surface area contributed by atoms with Crippen LogP contribution in [0.4, 0.5) is 0 Å². The predicted molar refractivity (Wildman–Crippen MR) is 138 cm³/mol. The monoisotopic (exact) mass is 495 g/mol. The molecule has 1 aliphatic rings. The number of amides is 3. The average molecular weight is 496 g/mol. The third-order valence-electron chi connectivity index (χ3n) is 6.91. The van der Waals surface area contributed by atoms with Crippen molar-refractivity contribution in [1.82, 2.24) is 15.5 Å². The number of rotatable bonds is 9. The first-order chi connectivity index (χ1) is 17.2. The lowest BCUT2D eigenvalue weighted by molar-refractivity contribution is -0.125. The Morgan fingerprint density at radius 2 is 1.50 bits per heavy atom. The van der Waals surface area contributed by atoms with Gasteiger partial charge < -0.3 is 25.0 Å². The first-order valence-corrected chi connectivity index (χ1v) is 12.4. The van der Waals surface area contributed by atoms with Crippen LogP contribution in [-0.4, -0.2) is 62.0 Å². The second kappa shape index (κ2) is 12.4. The SMILES string of the molecule is COc1ccc(C(=O)N[C@H](C(=O)N[C@H](C)C(C)C)C2CCN(C(=O)c3cccc(OC)c3)CC2)cc1. The fourth-order valence-electron chi connectivity index (χ4n) is 4.22. The molecule has 2 aromatic carbocycles. The fourth-order valence-corrected chi connectivity index (χ4v) is 4.22. The number of nitrogens with zero attached hydrogens (tertiary/aromatic N) is 1. The van der Waals surface area contributed by atoms with Crippen molar-refractivity contribution in [1.29, 1.82) is 0 Å². The van der Waals surface area contributed by atoms with Crippen LogP contribution in [0.5, 0.6) is 11.5 Å². The highest BCUT2D eigenvalue weighted by atomic mass is 16.5. The Morgan fingerprint density at radius 3 is 2.08 bits per heavy atom. The lowest BCUT2D eigenvalue weighted by Crippen LogP contribution is -2.55. The number of hydrogen-bond acceptors (Lipinski definition) is 5. The molecular formula is C28H37N3O5. The lowest BCUT2D eigenvalue weighted by atomic mass is 9.87. The van der Waals surface area contributed by atoms with Gasteiger partial charge in [0.1, 0.15) is 17.5 Å². The predicted octanol–water partition coefficient (Wildman–Crippen LogP) is 3.52. The molecule has 0 spiro atoms. The van der Waals surface area contributed by atoms with E-state index < -0.39 is 6.04 Å². The Kier molecular flexibility index (Phi) is 9.33. The van der Waals surface area contributed by atoms with Crippen molar-refractivity contribution in [2.75, 3.05) is 27.3 Å². The summed E-state index contributed by atoms with van der Waals surface area (Å²) in [6.07, 6.45) is 1.21. The van der Waals surface area contributed by atoms with Crippen molar-refractivity contribution in [2.24, 2.45) is 11.8 Å². The highest BCUT2D eigenvalue weighted by molar-refractivity contribution is 5.98. The van der Waals surface area contributed by atoms with Crippen LogP contribution in [0.2, 0.25) is 0 Å². The summed E-state index contributed by atoms with van der Waals surface area (Å²) in [5.41, 5.74) is 1.02. The Morgan fingerprint density at radius 1 is 0.861 bits per heavy atom. The summed E-state index contributed by atoms with van der Waals surface area (Å²) in [6.45, 7) is 7.04. The van der Waals surface area contributed by atoms with Crippen molar-refractivity contribution in [2.45, 2.75) is 45.7 Å². The lowest BCUT2D eigenvalue weighted by Gasteiger charge is -2.36. The van der Waals surface area contributed by atoms with Gasteiger partial charge in [-0.25, -0.2) is 0 Å². The van der Waals surface area contributed by atoms with Crippen molar-refractivity contribution in [3.63, 3.8) is 0 Å². The first kappa shape index (κ1) is 27.0. The zero-order chi connectivity index (χ0) is 26.2. The second-order valence-electron chi connectivity index (χ2n) is 9.58. The third kappa shape index (κ3) is 6.77. The average Bonchev–Trinajstić information content (AvgIpc) is 2.91. The molecule has 194 valence electrons. The van der Waals surface area contributed by atoms with Gasteiger partial charge in [0.05, 0.1) is 14.2 Å². The van der Waals surface area contributed by atoms with Gasteiger partial charge >= 0.3 is 0 Å². The standard InChI is InChI=1S/C28H37N3O5/c1-18(2)19(3)29-27(33)25(30-26(32)21-9-11-23(35-4)12-10-21)20-13-15-31(16-14-20)28(34)22-7-6-8-24(17-22)36-5/h6-12,17-20,25H,13-16H2,1-5H3,(H,29,33)(H,30,32)/t19-,25+/m1/s1. The zero-order valence-electron chi connectivity index (χ0n) is 21.7. The van der Waals surface area contributed by atoms with E-state index in [0.717, 1.165) is 0 Å². The maximum absolute atomic E-state index is 13.3. The Hall–Kier alpha value is -3.55. The minimum atomic E-state index is -0.699. The molecule has 0 radical (unpaired) electrons. The molecule has 0 aromatic heterocycles. The Labute approximate surface area is 213 Å². The minimum Gasteiger partial charge on any atom is -0.497 e. The van der Waals surface area contributed by atoms with Gasteiger partial charge in [0.2, 0.25) is 5.91 Å². The van der Waals surface area contributed by atoms with Gasteiger partial charge in [0.25, 0.3) is 11.8 Å². The molecule has 2 N–H and O–H groups in total. The quantitative estimate of drug-likeness (QED) is 0.555. The van der Waals surface area contributed by atoms with Gasteiger partial charge in [0.15, 0.2) is 0 Å². The maximum Gasteiger partial charge on any atom is 0.253 e. The molecular weight excluding hydrogens is 458 g/mol. The first-order valence-electron chi connectivity index (χ1n) is 12.4. The molecule has 1 heterocycles. The van der Waals surface area contributed by atoms with Gasteiger partial charge in [-0.05, 0) is 74.1 Å². The topological polar surface area (TPSA) is 97.0 Å². The van der Waals surface area contributed by atoms with E-state index in [1.54, 1.807) is 67.7 Å². The van der Waals surface area contributed by atoms with E-state index >= 15 is 0 Å². The van der Waals surface area contributed by atoms with Crippen LogP contribution in [0.1, 0.15) is 54.3 Å². The van der Waals surface area contributed by atoms with Crippen molar-refractivity contribution >= 4 is 17.7 Å². The van der Waals surface area contributed by atoms with E-state index in [1.165, 1.54) is 0 Å². The van der Waals surface area contributed by atoms with Crippen LogP contribution >= 0.6 is 0 Å². The molecule has 36 heavy (non-hydrogen) atoms. The number of piperidine rings is 1. The molecule has 0 saturated carbocycles. The van der Waals surface area contributed by atoms with Crippen molar-refractivity contribution in [3.05, 3.63) is 59.7 Å². The molecule has 1 aliphatic heterocycles. The summed E-state index contributed by atoms with van der Waals surface area (Å²) in [7, 11) is 3.14. The van der Waals surface area contributed by atoms with E-state index in [-0.39, 0.29) is 35.6 Å². The number of methoxy groups -OCH3 is 2. The number of ether oxygens (including phenoxy) is 2. The van der Waals surface area contributed by atoms with Crippen LogP contribution in [0, 0.1) is 11.8 Å². The summed E-state index contributed by atoms with van der Waals surface area (Å²) < 4.78 is 10.4. The number of hydrogen-bond donors (Lipinski definition) is 2. The maximum atomic E-state index is 13.3. The summed E-state index contributed by atoms with van der Waals surface area (Å²) in [5.74, 6) is 0.868. The summed E-state index contributed by atoms with van der Waals surface area (Å²) >= 11 is 0. The van der Waals surface area contributed by atoms with E-state index in [0.29, 0.717) is 48.6 Å². The third-order valence-corrected chi connectivity index (χ3v) is 6.91. The fraction of sp³-hybridized carbons (Fsp3) is 0.464. The smallest absolute Gasteiger partial charge is 0.253 e. The molecule has 1 fully saturated rings. The van der Waals surface area contributed by atoms with Gasteiger partial charge in [0, 0.05) is 30.3 Å². The Bertz CT molecular complexity index is 1050. The Balaban J connectivity index is 1.71. The normalized spacial score (nSPS) is 15.7. The number of likely N-dealkylation sites (tertiary alicyclic amines) is 1. The number of carbonyl (C=O) groups excluding carboxylic acids is 3. The van der Waals surface area contributed by atoms with Crippen LogP contribution < -0.4 is 20.1 Å². The van der Waals surface area contributed by atoms with Crippen LogP contribution in [0.15, 0.2) is 48.5 Å². The van der Waals surface area contributed by atoms with Crippen LogP contribution in [-0.2, 0) is 4.79 Å². The van der Waals surface area contributed by atoms with Gasteiger partial charge in [-0.15, -0.1) is 0 Å². The van der Waals surface area contributed by atoms with Crippen molar-refractivity contribution < 1.29 is 23.9 Å². The second-order valence-corrected chi connectivity index (χ2v) is 9.58. The molecule has 2 atom stereocenters. The van der Waals surface area contributed by atoms with E-state index in [2.05, 4.69) is 10.6 Å². The van der Waals surface area contributed by atoms with Crippen LogP contribution in [0.3, 0.4) is 0 Å². The number of nitrogens with one attached hydrogen (secondary N) is 2. The summed E-state index contributed by atoms with van der Waals surface area (Å²) in [4.78, 5) is 41.1. The van der Waals surface area contributed by atoms with E-state index in [4.69, 9.17) is 9.47 Å². The molecule has 3 rings (SSSR count). The highest BCUT2D eigenvalue weighted by Gasteiger charge is 2.35. The van der Waals surface area contributed by atoms with Gasteiger partial charge in [-0.2, -0.15) is 0 Å². The summed E-state index contributed by atoms with van der Waals surface area (Å²) in [6, 6.07) is 13.1. The molecule has 0 bridgehead atoms. The van der Waals surface area contributed by atoms with E-state index in [9.17, 15) is 14.4 Å². The van der Waals surface area contributed by atoms with Gasteiger partial charge in [-0.3, -0.25) is 14.4 Å². The molecule has 8 nitrogen and oxygen atoms in total. The van der Waals surface area contributed by atoms with Crippen molar-refractivity contribution in [3.8, 4) is 11.5 Å². The molecule has 1 saturated heterocycles. The van der Waals surface area contributed by atoms with Gasteiger partial charge in [-0.1, -0.05) is 19.9 Å². The molecule has 0 aliphatic carbocycles. The summed E-state index contributed by atoms with van der Waals surface area (Å²) in [5, 5.41) is 6.02. The minimum absolute atomic E-state index is 0.0346. The largest absolute Gasteiger partial charge is 0.497 e. The zero-order valence-corrected chi connectivity index (χ0v) is 21.7. The highest BCUT2D eigenvalue weighted by Crippen LogP contribution is 2.24. The molecule has 2 aromatic rings. The number of benzene rings is 2. The van der Waals surface area contributed by atoms with E-state index in [1.807, 2.05) is 20.8 Å². The number of carbonyl (C=O) groups is 3. The van der Waals surface area contributed by atoms with Crippen LogP contribution in [0.25, 0.3) is 0 Å². The molecule has 8 heteroatoms.